The third-order valence-corrected chi connectivity index (χ3v) is 4.28. The highest BCUT2D eigenvalue weighted by Gasteiger charge is 2.12. The Hall–Kier alpha value is -2.00. The maximum absolute atomic E-state index is 4.10. The van der Waals surface area contributed by atoms with Gasteiger partial charge in [-0.25, -0.2) is 0 Å². The Bertz CT molecular complexity index is 679. The molecule has 3 aromatic rings. The van der Waals surface area contributed by atoms with Gasteiger partial charge >= 0.3 is 0 Å². The average molecular weight is 305 g/mol. The van der Waals surface area contributed by atoms with Crippen LogP contribution in [0.15, 0.2) is 35.5 Å². The van der Waals surface area contributed by atoms with Gasteiger partial charge in [-0.05, 0) is 22.6 Å². The van der Waals surface area contributed by atoms with Crippen LogP contribution in [0, 0.1) is 0 Å². The first-order chi connectivity index (χ1) is 9.88. The molecule has 1 aromatic carbocycles. The highest BCUT2D eigenvalue weighted by molar-refractivity contribution is 7.98. The molecular formula is C11H11N7S2. The fourth-order valence-corrected chi connectivity index (χ4v) is 3.07. The van der Waals surface area contributed by atoms with Crippen molar-refractivity contribution in [2.45, 2.75) is 10.9 Å². The third-order valence-electron chi connectivity index (χ3n) is 2.56. The molecule has 0 aliphatic heterocycles. The first kappa shape index (κ1) is 13.0. The van der Waals surface area contributed by atoms with E-state index in [9.17, 15) is 0 Å². The van der Waals surface area contributed by atoms with E-state index in [1.165, 1.54) is 23.3 Å². The van der Waals surface area contributed by atoms with Gasteiger partial charge in [-0.2, -0.15) is 4.68 Å². The van der Waals surface area contributed by atoms with Crippen LogP contribution in [-0.4, -0.2) is 36.8 Å². The Labute approximate surface area is 123 Å². The first-order valence-electron chi connectivity index (χ1n) is 5.84. The van der Waals surface area contributed by atoms with Crippen molar-refractivity contribution in [1.82, 2.24) is 29.8 Å². The molecule has 9 heteroatoms. The van der Waals surface area contributed by atoms with E-state index in [2.05, 4.69) is 30.4 Å². The minimum absolute atomic E-state index is 0.667. The molecule has 0 saturated carbocycles. The number of para-hydroxylation sites is 1. The molecule has 0 radical (unpaired) electrons. The predicted octanol–water partition coefficient (Wildman–Crippen LogP) is 1.85. The summed E-state index contributed by atoms with van der Waals surface area (Å²) < 4.78 is 5.64. The number of nitrogens with zero attached hydrogens (tertiary/aromatic N) is 6. The number of thioether (sulfide) groups is 1. The van der Waals surface area contributed by atoms with Crippen LogP contribution in [0.25, 0.3) is 5.69 Å². The molecule has 0 bridgehead atoms. The van der Waals surface area contributed by atoms with E-state index in [4.69, 9.17) is 0 Å². The van der Waals surface area contributed by atoms with Crippen LogP contribution < -0.4 is 5.32 Å². The zero-order chi connectivity index (χ0) is 13.8. The lowest BCUT2D eigenvalue weighted by molar-refractivity contribution is 0.756. The summed E-state index contributed by atoms with van der Waals surface area (Å²) in [6.07, 6.45) is 0. The van der Waals surface area contributed by atoms with Gasteiger partial charge in [-0.3, -0.25) is 0 Å². The van der Waals surface area contributed by atoms with Crippen LogP contribution in [0.3, 0.4) is 0 Å². The second kappa shape index (κ2) is 5.97. The van der Waals surface area contributed by atoms with Gasteiger partial charge in [0.15, 0.2) is 0 Å². The average Bonchev–Trinajstić information content (AvgIpc) is 3.14. The van der Waals surface area contributed by atoms with Crippen LogP contribution in [0.4, 0.5) is 5.00 Å². The zero-order valence-electron chi connectivity index (χ0n) is 10.6. The minimum Gasteiger partial charge on any atom is -0.377 e. The Morgan fingerprint density at radius 3 is 2.90 bits per heavy atom. The minimum atomic E-state index is 0.667. The van der Waals surface area contributed by atoms with Gasteiger partial charge in [-0.15, -0.1) is 10.2 Å². The quantitative estimate of drug-likeness (QED) is 0.720. The Kier molecular flexibility index (Phi) is 3.88. The van der Waals surface area contributed by atoms with Crippen molar-refractivity contribution in [3.05, 3.63) is 36.0 Å². The summed E-state index contributed by atoms with van der Waals surface area (Å²) in [6, 6.07) is 9.79. The normalized spacial score (nSPS) is 10.7. The zero-order valence-corrected chi connectivity index (χ0v) is 12.2. The summed E-state index contributed by atoms with van der Waals surface area (Å²) in [4.78, 5) is 0. The molecule has 0 fully saturated rings. The summed E-state index contributed by atoms with van der Waals surface area (Å²) in [5.41, 5.74) is 1.84. The molecule has 20 heavy (non-hydrogen) atoms. The van der Waals surface area contributed by atoms with E-state index in [-0.39, 0.29) is 0 Å². The molecule has 0 amide bonds. The van der Waals surface area contributed by atoms with E-state index >= 15 is 0 Å². The van der Waals surface area contributed by atoms with Gasteiger partial charge in [0.25, 0.3) is 0 Å². The van der Waals surface area contributed by atoms with E-state index in [0.29, 0.717) is 5.75 Å². The lowest BCUT2D eigenvalue weighted by atomic mass is 10.3. The molecular weight excluding hydrogens is 294 g/mol. The van der Waals surface area contributed by atoms with Gasteiger partial charge in [-0.1, -0.05) is 34.4 Å². The summed E-state index contributed by atoms with van der Waals surface area (Å²) in [5, 5.41) is 20.7. The van der Waals surface area contributed by atoms with Gasteiger partial charge in [0.05, 0.1) is 5.69 Å². The lowest BCUT2D eigenvalue weighted by Gasteiger charge is -2.03. The van der Waals surface area contributed by atoms with Gasteiger partial charge in [0.1, 0.15) is 10.7 Å². The number of anilines is 1. The SMILES string of the molecule is CNc1snnc1CSc1nnnn1-c1ccccc1. The molecule has 0 spiro atoms. The second-order valence-corrected chi connectivity index (χ2v) is 5.49. The van der Waals surface area contributed by atoms with E-state index < -0.39 is 0 Å². The van der Waals surface area contributed by atoms with Crippen LogP contribution in [0.1, 0.15) is 5.69 Å². The number of hydrogen-bond acceptors (Lipinski definition) is 8. The summed E-state index contributed by atoms with van der Waals surface area (Å²) >= 11 is 2.87. The second-order valence-electron chi connectivity index (χ2n) is 3.80. The highest BCUT2D eigenvalue weighted by atomic mass is 32.2. The molecule has 0 saturated heterocycles. The Morgan fingerprint density at radius 1 is 1.25 bits per heavy atom. The molecule has 2 heterocycles. The summed E-state index contributed by atoms with van der Waals surface area (Å²) in [5.74, 6) is 0.667. The number of aromatic nitrogens is 6. The number of tetrazole rings is 1. The van der Waals surface area contributed by atoms with E-state index in [0.717, 1.165) is 21.5 Å². The molecule has 7 nitrogen and oxygen atoms in total. The number of nitrogens with one attached hydrogen (secondary N) is 1. The summed E-state index contributed by atoms with van der Waals surface area (Å²) in [6.45, 7) is 0. The van der Waals surface area contributed by atoms with Crippen molar-refractivity contribution in [3.8, 4) is 5.69 Å². The third kappa shape index (κ3) is 2.63. The highest BCUT2D eigenvalue weighted by Crippen LogP contribution is 2.26. The van der Waals surface area contributed by atoms with Gasteiger partial charge < -0.3 is 5.32 Å². The Morgan fingerprint density at radius 2 is 2.10 bits per heavy atom. The topological polar surface area (TPSA) is 81.4 Å². The number of rotatable bonds is 5. The molecule has 0 aliphatic rings. The van der Waals surface area contributed by atoms with Gasteiger partial charge in [0.2, 0.25) is 5.16 Å². The maximum Gasteiger partial charge on any atom is 0.214 e. The van der Waals surface area contributed by atoms with Crippen LogP contribution in [-0.2, 0) is 5.75 Å². The Balaban J connectivity index is 1.78. The summed E-state index contributed by atoms with van der Waals surface area (Å²) in [7, 11) is 1.86. The monoisotopic (exact) mass is 305 g/mol. The molecule has 0 atom stereocenters. The largest absolute Gasteiger partial charge is 0.377 e. The van der Waals surface area contributed by atoms with Crippen molar-refractivity contribution in [1.29, 1.82) is 0 Å². The van der Waals surface area contributed by atoms with Crippen molar-refractivity contribution in [2.24, 2.45) is 0 Å². The molecule has 102 valence electrons. The first-order valence-corrected chi connectivity index (χ1v) is 7.60. The number of benzene rings is 1. The molecule has 1 N–H and O–H groups in total. The molecule has 2 aromatic heterocycles. The van der Waals surface area contributed by atoms with Crippen molar-refractivity contribution in [2.75, 3.05) is 12.4 Å². The standard InChI is InChI=1S/C11H11N7S2/c1-12-10-9(13-17-20-10)7-19-11-14-15-16-18(11)8-5-3-2-4-6-8/h2-6,12H,7H2,1H3. The van der Waals surface area contributed by atoms with Crippen molar-refractivity contribution >= 4 is 28.3 Å². The van der Waals surface area contributed by atoms with Crippen molar-refractivity contribution < 1.29 is 0 Å². The molecule has 0 aliphatic carbocycles. The fourth-order valence-electron chi connectivity index (χ4n) is 1.63. The molecule has 3 rings (SSSR count). The lowest BCUT2D eigenvalue weighted by Crippen LogP contribution is -1.99. The van der Waals surface area contributed by atoms with E-state index in [1.807, 2.05) is 37.4 Å². The van der Waals surface area contributed by atoms with Crippen molar-refractivity contribution in [3.63, 3.8) is 0 Å². The number of hydrogen-bond donors (Lipinski definition) is 1. The van der Waals surface area contributed by atoms with E-state index in [1.54, 1.807) is 4.68 Å². The van der Waals surface area contributed by atoms with Crippen LogP contribution in [0.2, 0.25) is 0 Å². The molecule has 0 unspecified atom stereocenters. The van der Waals surface area contributed by atoms with Gasteiger partial charge in [0, 0.05) is 24.3 Å². The maximum atomic E-state index is 4.10. The van der Waals surface area contributed by atoms with Crippen LogP contribution in [0.5, 0.6) is 0 Å². The smallest absolute Gasteiger partial charge is 0.214 e. The van der Waals surface area contributed by atoms with Crippen LogP contribution >= 0.6 is 23.3 Å². The predicted molar refractivity (Wildman–Crippen MR) is 78.2 cm³/mol. The fraction of sp³-hybridized carbons (Fsp3) is 0.182.